The highest BCUT2D eigenvalue weighted by Crippen LogP contribution is 2.07. The topological polar surface area (TPSA) is 35.6 Å². The minimum absolute atomic E-state index is 0.100. The summed E-state index contributed by atoms with van der Waals surface area (Å²) in [5.74, 6) is -0.274. The van der Waals surface area contributed by atoms with Crippen LogP contribution >= 0.6 is 0 Å². The van der Waals surface area contributed by atoms with Crippen molar-refractivity contribution in [1.82, 2.24) is 15.1 Å². The van der Waals surface area contributed by atoms with Crippen molar-refractivity contribution in [3.05, 3.63) is 35.6 Å². The average Bonchev–Trinajstić information content (AvgIpc) is 2.55. The van der Waals surface area contributed by atoms with Gasteiger partial charge in [-0.1, -0.05) is 38.0 Å². The second kappa shape index (κ2) is 8.73. The SMILES string of the molecule is CCCCCN1CCN(C(=O)NCc2ccccc2F)CC1. The van der Waals surface area contributed by atoms with Crippen LogP contribution in [0, 0.1) is 5.82 Å². The Kier molecular flexibility index (Phi) is 6.65. The molecule has 22 heavy (non-hydrogen) atoms. The number of rotatable bonds is 6. The predicted octanol–water partition coefficient (Wildman–Crippen LogP) is 2.84. The number of carbonyl (C=O) groups excluding carboxylic acids is 1. The van der Waals surface area contributed by atoms with E-state index in [1.165, 1.54) is 25.3 Å². The molecule has 0 saturated carbocycles. The summed E-state index contributed by atoms with van der Waals surface area (Å²) in [5.41, 5.74) is 0.522. The molecule has 2 amide bonds. The average molecular weight is 307 g/mol. The van der Waals surface area contributed by atoms with Gasteiger partial charge in [0.25, 0.3) is 0 Å². The highest BCUT2D eigenvalue weighted by Gasteiger charge is 2.20. The number of benzene rings is 1. The first-order chi connectivity index (χ1) is 10.7. The van der Waals surface area contributed by atoms with Crippen molar-refractivity contribution < 1.29 is 9.18 Å². The Balaban J connectivity index is 1.70. The molecule has 1 aliphatic rings. The minimum atomic E-state index is -0.274. The molecule has 0 aliphatic carbocycles. The van der Waals surface area contributed by atoms with Crippen molar-refractivity contribution in [3.63, 3.8) is 0 Å². The molecule has 5 heteroatoms. The van der Waals surface area contributed by atoms with Gasteiger partial charge < -0.3 is 10.2 Å². The summed E-state index contributed by atoms with van der Waals surface area (Å²) < 4.78 is 13.5. The first-order valence-electron chi connectivity index (χ1n) is 8.19. The van der Waals surface area contributed by atoms with Gasteiger partial charge in [-0.3, -0.25) is 4.90 Å². The molecule has 0 bridgehead atoms. The smallest absolute Gasteiger partial charge is 0.317 e. The fourth-order valence-electron chi connectivity index (χ4n) is 2.68. The van der Waals surface area contributed by atoms with Gasteiger partial charge in [-0.05, 0) is 19.0 Å². The molecule has 4 nitrogen and oxygen atoms in total. The minimum Gasteiger partial charge on any atom is -0.334 e. The summed E-state index contributed by atoms with van der Waals surface area (Å²) in [7, 11) is 0. The zero-order valence-electron chi connectivity index (χ0n) is 13.4. The van der Waals surface area contributed by atoms with E-state index >= 15 is 0 Å². The quantitative estimate of drug-likeness (QED) is 0.820. The summed E-state index contributed by atoms with van der Waals surface area (Å²) in [6.07, 6.45) is 3.73. The summed E-state index contributed by atoms with van der Waals surface area (Å²) in [4.78, 5) is 16.4. The summed E-state index contributed by atoms with van der Waals surface area (Å²) in [6, 6.07) is 6.44. The Morgan fingerprint density at radius 1 is 1.18 bits per heavy atom. The Labute approximate surface area is 132 Å². The zero-order chi connectivity index (χ0) is 15.8. The van der Waals surface area contributed by atoms with Crippen molar-refractivity contribution in [1.29, 1.82) is 0 Å². The van der Waals surface area contributed by atoms with Crippen LogP contribution in [0.4, 0.5) is 9.18 Å². The number of hydrogen-bond acceptors (Lipinski definition) is 2. The molecule has 1 N–H and O–H groups in total. The van der Waals surface area contributed by atoms with Crippen LogP contribution in [0.3, 0.4) is 0 Å². The third kappa shape index (κ3) is 4.98. The fourth-order valence-corrected chi connectivity index (χ4v) is 2.68. The van der Waals surface area contributed by atoms with Gasteiger partial charge in [-0.2, -0.15) is 0 Å². The number of carbonyl (C=O) groups is 1. The molecule has 1 heterocycles. The number of unbranched alkanes of at least 4 members (excludes halogenated alkanes) is 2. The molecular weight excluding hydrogens is 281 g/mol. The molecule has 0 aromatic heterocycles. The van der Waals surface area contributed by atoms with E-state index in [1.54, 1.807) is 18.2 Å². The molecule has 0 unspecified atom stereocenters. The maximum atomic E-state index is 13.5. The second-order valence-corrected chi connectivity index (χ2v) is 5.79. The van der Waals surface area contributed by atoms with Crippen LogP contribution in [0.15, 0.2) is 24.3 Å². The van der Waals surface area contributed by atoms with Crippen molar-refractivity contribution >= 4 is 6.03 Å². The van der Waals surface area contributed by atoms with Crippen LogP contribution in [-0.2, 0) is 6.54 Å². The molecule has 1 fully saturated rings. The van der Waals surface area contributed by atoms with Crippen LogP contribution in [0.1, 0.15) is 31.7 Å². The molecule has 0 atom stereocenters. The van der Waals surface area contributed by atoms with Crippen LogP contribution in [-0.4, -0.2) is 48.6 Å². The number of amides is 2. The van der Waals surface area contributed by atoms with Gasteiger partial charge in [0.05, 0.1) is 0 Å². The zero-order valence-corrected chi connectivity index (χ0v) is 13.4. The number of nitrogens with zero attached hydrogens (tertiary/aromatic N) is 2. The van der Waals surface area contributed by atoms with Gasteiger partial charge >= 0.3 is 6.03 Å². The van der Waals surface area contributed by atoms with Gasteiger partial charge in [0.15, 0.2) is 0 Å². The van der Waals surface area contributed by atoms with Gasteiger partial charge in [0, 0.05) is 38.3 Å². The monoisotopic (exact) mass is 307 g/mol. The number of urea groups is 1. The Morgan fingerprint density at radius 2 is 1.91 bits per heavy atom. The summed E-state index contributed by atoms with van der Waals surface area (Å²) in [6.45, 7) is 6.91. The number of hydrogen-bond donors (Lipinski definition) is 1. The van der Waals surface area contributed by atoms with Crippen molar-refractivity contribution in [2.75, 3.05) is 32.7 Å². The van der Waals surface area contributed by atoms with Crippen LogP contribution in [0.5, 0.6) is 0 Å². The highest BCUT2D eigenvalue weighted by molar-refractivity contribution is 5.74. The van der Waals surface area contributed by atoms with Crippen molar-refractivity contribution in [3.8, 4) is 0 Å². The molecule has 2 rings (SSSR count). The summed E-state index contributed by atoms with van der Waals surface area (Å²) in [5, 5.41) is 2.81. The summed E-state index contributed by atoms with van der Waals surface area (Å²) >= 11 is 0. The van der Waals surface area contributed by atoms with E-state index in [9.17, 15) is 9.18 Å². The molecule has 0 radical (unpaired) electrons. The van der Waals surface area contributed by atoms with Gasteiger partial charge in [0.1, 0.15) is 5.82 Å². The van der Waals surface area contributed by atoms with E-state index < -0.39 is 0 Å². The third-order valence-electron chi connectivity index (χ3n) is 4.13. The second-order valence-electron chi connectivity index (χ2n) is 5.79. The van der Waals surface area contributed by atoms with E-state index in [1.807, 2.05) is 4.90 Å². The number of piperazine rings is 1. The number of nitrogens with one attached hydrogen (secondary N) is 1. The first kappa shape index (κ1) is 16.7. The van der Waals surface area contributed by atoms with Crippen LogP contribution in [0.2, 0.25) is 0 Å². The van der Waals surface area contributed by atoms with Crippen molar-refractivity contribution in [2.24, 2.45) is 0 Å². The largest absolute Gasteiger partial charge is 0.334 e. The lowest BCUT2D eigenvalue weighted by Gasteiger charge is -2.34. The molecular formula is C17H26FN3O. The molecule has 1 aliphatic heterocycles. The maximum Gasteiger partial charge on any atom is 0.317 e. The number of halogens is 1. The first-order valence-corrected chi connectivity index (χ1v) is 8.19. The van der Waals surface area contributed by atoms with Crippen LogP contribution in [0.25, 0.3) is 0 Å². The lowest BCUT2D eigenvalue weighted by molar-refractivity contribution is 0.137. The van der Waals surface area contributed by atoms with E-state index in [2.05, 4.69) is 17.1 Å². The molecule has 1 aromatic carbocycles. The van der Waals surface area contributed by atoms with Gasteiger partial charge in [0.2, 0.25) is 0 Å². The Bertz CT molecular complexity index is 473. The standard InChI is InChI=1S/C17H26FN3O/c1-2-3-6-9-20-10-12-21(13-11-20)17(22)19-14-15-7-4-5-8-16(15)18/h4-5,7-8H,2-3,6,9-14H2,1H3,(H,19,22). The van der Waals surface area contributed by atoms with Crippen LogP contribution < -0.4 is 5.32 Å². The van der Waals surface area contributed by atoms with Gasteiger partial charge in [-0.15, -0.1) is 0 Å². The van der Waals surface area contributed by atoms with E-state index in [-0.39, 0.29) is 18.4 Å². The van der Waals surface area contributed by atoms with E-state index in [0.717, 1.165) is 32.7 Å². The maximum absolute atomic E-state index is 13.5. The molecule has 122 valence electrons. The molecule has 1 aromatic rings. The highest BCUT2D eigenvalue weighted by atomic mass is 19.1. The van der Waals surface area contributed by atoms with E-state index in [4.69, 9.17) is 0 Å². The Hall–Kier alpha value is -1.62. The third-order valence-corrected chi connectivity index (χ3v) is 4.13. The Morgan fingerprint density at radius 3 is 2.59 bits per heavy atom. The lowest BCUT2D eigenvalue weighted by atomic mass is 10.2. The van der Waals surface area contributed by atoms with E-state index in [0.29, 0.717) is 5.56 Å². The lowest BCUT2D eigenvalue weighted by Crippen LogP contribution is -2.51. The normalized spacial score (nSPS) is 15.8. The van der Waals surface area contributed by atoms with Crippen molar-refractivity contribution in [2.45, 2.75) is 32.7 Å². The fraction of sp³-hybridized carbons (Fsp3) is 0.588. The van der Waals surface area contributed by atoms with Gasteiger partial charge in [-0.25, -0.2) is 9.18 Å². The molecule has 0 spiro atoms. The predicted molar refractivity (Wildman–Crippen MR) is 86.2 cm³/mol. The molecule has 1 saturated heterocycles.